The second-order valence-electron chi connectivity index (χ2n) is 5.62. The third-order valence-corrected chi connectivity index (χ3v) is 5.22. The molecule has 1 aromatic rings. The van der Waals surface area contributed by atoms with Crippen molar-refractivity contribution >= 4 is 22.2 Å². The maximum atomic E-state index is 12.0. The molecule has 1 unspecified atom stereocenters. The van der Waals surface area contributed by atoms with Crippen LogP contribution in [0.5, 0.6) is 0 Å². The van der Waals surface area contributed by atoms with Crippen LogP contribution in [0.25, 0.3) is 0 Å². The van der Waals surface area contributed by atoms with Crippen molar-refractivity contribution in [3.8, 4) is 6.07 Å². The number of carbonyl (C=O) groups is 1. The van der Waals surface area contributed by atoms with E-state index in [0.29, 0.717) is 18.2 Å². The molecule has 1 aromatic heterocycles. The number of rotatable bonds is 5. The second-order valence-corrected chi connectivity index (χ2v) is 6.72. The summed E-state index contributed by atoms with van der Waals surface area (Å²) in [6, 6.07) is 2.61. The van der Waals surface area contributed by atoms with Crippen molar-refractivity contribution in [2.45, 2.75) is 58.4 Å². The number of anilines is 1. The smallest absolute Gasteiger partial charge is 0.238 e. The number of hydrogen-bond donors (Lipinski definition) is 2. The monoisotopic (exact) mass is 305 g/mol. The highest BCUT2D eigenvalue weighted by atomic mass is 32.1. The SMILES string of the molecule is CCC(C)NCC(=O)Nc1sc2c(c1C#N)CCCCC2. The number of amides is 1. The molecule has 0 aromatic carbocycles. The topological polar surface area (TPSA) is 64.9 Å². The minimum absolute atomic E-state index is 0.0665. The summed E-state index contributed by atoms with van der Waals surface area (Å²) in [5.74, 6) is -0.0665. The van der Waals surface area contributed by atoms with E-state index in [1.54, 1.807) is 11.3 Å². The van der Waals surface area contributed by atoms with Crippen LogP contribution in [0, 0.1) is 11.3 Å². The molecule has 0 saturated heterocycles. The Bertz CT molecular complexity index is 544. The number of nitriles is 1. The third kappa shape index (κ3) is 4.05. The summed E-state index contributed by atoms with van der Waals surface area (Å²) < 4.78 is 0. The van der Waals surface area contributed by atoms with Crippen LogP contribution >= 0.6 is 11.3 Å². The van der Waals surface area contributed by atoms with E-state index in [2.05, 4.69) is 30.6 Å². The predicted molar refractivity (Wildman–Crippen MR) is 86.7 cm³/mol. The van der Waals surface area contributed by atoms with Gasteiger partial charge in [-0.3, -0.25) is 4.79 Å². The largest absolute Gasteiger partial charge is 0.315 e. The Morgan fingerprint density at radius 1 is 1.38 bits per heavy atom. The van der Waals surface area contributed by atoms with Gasteiger partial charge in [0.25, 0.3) is 0 Å². The lowest BCUT2D eigenvalue weighted by atomic mass is 10.1. The second kappa shape index (κ2) is 7.58. The number of nitrogens with zero attached hydrogens (tertiary/aromatic N) is 1. The Kier molecular flexibility index (Phi) is 5.77. The lowest BCUT2D eigenvalue weighted by molar-refractivity contribution is -0.115. The molecule has 0 fully saturated rings. The molecule has 1 aliphatic rings. The summed E-state index contributed by atoms with van der Waals surface area (Å²) in [5.41, 5.74) is 1.86. The predicted octanol–water partition coefficient (Wildman–Crippen LogP) is 3.22. The average Bonchev–Trinajstić information content (AvgIpc) is 2.65. The molecule has 1 aliphatic carbocycles. The van der Waals surface area contributed by atoms with E-state index in [9.17, 15) is 10.1 Å². The van der Waals surface area contributed by atoms with Gasteiger partial charge < -0.3 is 10.6 Å². The van der Waals surface area contributed by atoms with E-state index in [1.807, 2.05) is 0 Å². The summed E-state index contributed by atoms with van der Waals surface area (Å²) >= 11 is 1.59. The molecule has 0 radical (unpaired) electrons. The summed E-state index contributed by atoms with van der Waals surface area (Å²) in [6.45, 7) is 4.43. The molecule has 1 amide bonds. The molecule has 0 saturated carbocycles. The van der Waals surface area contributed by atoms with E-state index in [1.165, 1.54) is 23.3 Å². The first kappa shape index (κ1) is 16.0. The fourth-order valence-electron chi connectivity index (χ4n) is 2.53. The molecule has 1 heterocycles. The normalized spacial score (nSPS) is 15.7. The fourth-order valence-corrected chi connectivity index (χ4v) is 3.79. The van der Waals surface area contributed by atoms with Gasteiger partial charge in [0.1, 0.15) is 11.1 Å². The Labute approximate surface area is 130 Å². The lowest BCUT2D eigenvalue weighted by Gasteiger charge is -2.10. The zero-order valence-electron chi connectivity index (χ0n) is 12.8. The molecule has 1 atom stereocenters. The molecule has 0 aliphatic heterocycles. The zero-order valence-corrected chi connectivity index (χ0v) is 13.6. The number of carbonyl (C=O) groups excluding carboxylic acids is 1. The molecule has 0 bridgehead atoms. The van der Waals surface area contributed by atoms with Crippen LogP contribution in [-0.2, 0) is 17.6 Å². The molecule has 4 nitrogen and oxygen atoms in total. The van der Waals surface area contributed by atoms with Crippen LogP contribution in [0.1, 0.15) is 55.5 Å². The van der Waals surface area contributed by atoms with Crippen molar-refractivity contribution in [1.29, 1.82) is 5.26 Å². The standard InChI is InChI=1S/C16H23N3OS/c1-3-11(2)18-10-15(20)19-16-13(9-17)12-7-5-4-6-8-14(12)21-16/h11,18H,3-8,10H2,1-2H3,(H,19,20). The third-order valence-electron chi connectivity index (χ3n) is 4.01. The van der Waals surface area contributed by atoms with E-state index in [0.717, 1.165) is 30.7 Å². The molecule has 114 valence electrons. The van der Waals surface area contributed by atoms with Gasteiger partial charge in [-0.05, 0) is 44.6 Å². The van der Waals surface area contributed by atoms with Crippen LogP contribution in [0.4, 0.5) is 5.00 Å². The summed E-state index contributed by atoms with van der Waals surface area (Å²) in [7, 11) is 0. The maximum Gasteiger partial charge on any atom is 0.238 e. The van der Waals surface area contributed by atoms with Gasteiger partial charge in [0.2, 0.25) is 5.91 Å². The quantitative estimate of drug-likeness (QED) is 0.821. The minimum Gasteiger partial charge on any atom is -0.315 e. The van der Waals surface area contributed by atoms with Crippen LogP contribution in [0.2, 0.25) is 0 Å². The fraction of sp³-hybridized carbons (Fsp3) is 0.625. The highest BCUT2D eigenvalue weighted by Gasteiger charge is 2.20. The van der Waals surface area contributed by atoms with Crippen LogP contribution < -0.4 is 10.6 Å². The number of thiophene rings is 1. The average molecular weight is 305 g/mol. The first-order valence-electron chi connectivity index (χ1n) is 7.73. The summed E-state index contributed by atoms with van der Waals surface area (Å²) in [4.78, 5) is 13.3. The van der Waals surface area contributed by atoms with E-state index in [-0.39, 0.29) is 5.91 Å². The Hall–Kier alpha value is -1.38. The van der Waals surface area contributed by atoms with Crippen molar-refractivity contribution in [2.75, 3.05) is 11.9 Å². The van der Waals surface area contributed by atoms with E-state index in [4.69, 9.17) is 0 Å². The lowest BCUT2D eigenvalue weighted by Crippen LogP contribution is -2.33. The zero-order chi connectivity index (χ0) is 15.2. The Morgan fingerprint density at radius 3 is 2.86 bits per heavy atom. The minimum atomic E-state index is -0.0665. The van der Waals surface area contributed by atoms with E-state index < -0.39 is 0 Å². The molecule has 2 N–H and O–H groups in total. The molecule has 0 spiro atoms. The van der Waals surface area contributed by atoms with Crippen molar-refractivity contribution in [3.63, 3.8) is 0 Å². The van der Waals surface area contributed by atoms with Crippen LogP contribution in [0.15, 0.2) is 0 Å². The van der Waals surface area contributed by atoms with Crippen molar-refractivity contribution < 1.29 is 4.79 Å². The number of hydrogen-bond acceptors (Lipinski definition) is 4. The van der Waals surface area contributed by atoms with Gasteiger partial charge in [-0.15, -0.1) is 11.3 Å². The molecule has 2 rings (SSSR count). The number of fused-ring (bicyclic) bond motifs is 1. The Morgan fingerprint density at radius 2 is 2.14 bits per heavy atom. The molecule has 5 heteroatoms. The van der Waals surface area contributed by atoms with Gasteiger partial charge in [0.15, 0.2) is 0 Å². The van der Waals surface area contributed by atoms with Gasteiger partial charge in [0, 0.05) is 10.9 Å². The van der Waals surface area contributed by atoms with Gasteiger partial charge in [-0.25, -0.2) is 0 Å². The molecular weight excluding hydrogens is 282 g/mol. The van der Waals surface area contributed by atoms with Gasteiger partial charge >= 0.3 is 0 Å². The molecular formula is C16H23N3OS. The maximum absolute atomic E-state index is 12.0. The number of nitrogens with one attached hydrogen (secondary N) is 2. The van der Waals surface area contributed by atoms with Crippen LogP contribution in [-0.4, -0.2) is 18.5 Å². The summed E-state index contributed by atoms with van der Waals surface area (Å²) in [5, 5.41) is 16.2. The number of aryl methyl sites for hydroxylation is 1. The van der Waals surface area contributed by atoms with Crippen molar-refractivity contribution in [3.05, 3.63) is 16.0 Å². The first-order chi connectivity index (χ1) is 10.2. The van der Waals surface area contributed by atoms with E-state index >= 15 is 0 Å². The highest BCUT2D eigenvalue weighted by molar-refractivity contribution is 7.16. The first-order valence-corrected chi connectivity index (χ1v) is 8.55. The van der Waals surface area contributed by atoms with Crippen molar-refractivity contribution in [2.24, 2.45) is 0 Å². The molecule has 21 heavy (non-hydrogen) atoms. The summed E-state index contributed by atoms with van der Waals surface area (Å²) in [6.07, 6.45) is 6.55. The van der Waals surface area contributed by atoms with Crippen LogP contribution in [0.3, 0.4) is 0 Å². The van der Waals surface area contributed by atoms with Crippen molar-refractivity contribution in [1.82, 2.24) is 5.32 Å². The van der Waals surface area contributed by atoms with Gasteiger partial charge in [-0.1, -0.05) is 13.3 Å². The van der Waals surface area contributed by atoms with Gasteiger partial charge in [0.05, 0.1) is 12.1 Å². The highest BCUT2D eigenvalue weighted by Crippen LogP contribution is 2.36. The Balaban J connectivity index is 2.06. The van der Waals surface area contributed by atoms with Gasteiger partial charge in [-0.2, -0.15) is 5.26 Å².